The van der Waals surface area contributed by atoms with Gasteiger partial charge in [0.05, 0.1) is 25.4 Å². The van der Waals surface area contributed by atoms with E-state index in [9.17, 15) is 0 Å². The molecule has 11 heavy (non-hydrogen) atoms. The molecule has 1 fully saturated rings. The average molecular weight is 160 g/mol. The molecular formula is C7H16N2O2. The van der Waals surface area contributed by atoms with Gasteiger partial charge in [-0.15, -0.1) is 0 Å². The zero-order valence-corrected chi connectivity index (χ0v) is 6.92. The Hall–Kier alpha value is -0.160. The van der Waals surface area contributed by atoms with Gasteiger partial charge in [0.25, 0.3) is 0 Å². The van der Waals surface area contributed by atoms with Crippen LogP contribution in [0.1, 0.15) is 0 Å². The van der Waals surface area contributed by atoms with Gasteiger partial charge in [0, 0.05) is 13.1 Å². The zero-order valence-electron chi connectivity index (χ0n) is 6.92. The lowest BCUT2D eigenvalue weighted by molar-refractivity contribution is -0.0745. The number of aliphatic hydroxyl groups is 1. The maximum Gasteiger partial charge on any atom is 0.0797 e. The Morgan fingerprint density at radius 1 is 1.73 bits per heavy atom. The number of hydrogen-bond acceptors (Lipinski definition) is 4. The van der Waals surface area contributed by atoms with Crippen LogP contribution >= 0.6 is 0 Å². The van der Waals surface area contributed by atoms with Crippen molar-refractivity contribution in [3.63, 3.8) is 0 Å². The Balaban J connectivity index is 2.61. The van der Waals surface area contributed by atoms with Crippen LogP contribution in [0.2, 0.25) is 0 Å². The summed E-state index contributed by atoms with van der Waals surface area (Å²) in [6, 6.07) is 0. The van der Waals surface area contributed by atoms with Gasteiger partial charge in [0.2, 0.25) is 0 Å². The first kappa shape index (κ1) is 8.93. The van der Waals surface area contributed by atoms with E-state index in [-0.39, 0.29) is 12.1 Å². The molecule has 0 aromatic heterocycles. The topological polar surface area (TPSA) is 58.7 Å². The van der Waals surface area contributed by atoms with Crippen molar-refractivity contribution in [2.45, 2.75) is 5.54 Å². The van der Waals surface area contributed by atoms with E-state index in [1.54, 1.807) is 0 Å². The minimum Gasteiger partial charge on any atom is -0.394 e. The van der Waals surface area contributed by atoms with Crippen LogP contribution in [-0.2, 0) is 4.74 Å². The highest BCUT2D eigenvalue weighted by Crippen LogP contribution is 2.15. The van der Waals surface area contributed by atoms with Crippen molar-refractivity contribution in [2.24, 2.45) is 5.73 Å². The van der Waals surface area contributed by atoms with Gasteiger partial charge in [-0.25, -0.2) is 0 Å². The Kier molecular flexibility index (Phi) is 2.84. The summed E-state index contributed by atoms with van der Waals surface area (Å²) in [7, 11) is 1.96. The fourth-order valence-corrected chi connectivity index (χ4v) is 1.26. The van der Waals surface area contributed by atoms with E-state index in [1.165, 1.54) is 0 Å². The van der Waals surface area contributed by atoms with Gasteiger partial charge in [-0.2, -0.15) is 0 Å². The monoisotopic (exact) mass is 160 g/mol. The molecule has 0 aromatic carbocycles. The van der Waals surface area contributed by atoms with Crippen LogP contribution in [0, 0.1) is 0 Å². The van der Waals surface area contributed by atoms with Crippen LogP contribution in [0.3, 0.4) is 0 Å². The fraction of sp³-hybridized carbons (Fsp3) is 1.00. The maximum atomic E-state index is 9.11. The van der Waals surface area contributed by atoms with Crippen molar-refractivity contribution in [1.29, 1.82) is 0 Å². The molecular weight excluding hydrogens is 144 g/mol. The standard InChI is InChI=1S/C7H16N2O2/c1-9-2-3-11-6-7(9,4-8)5-10/h10H,2-6,8H2,1H3. The Labute approximate surface area is 66.9 Å². The predicted molar refractivity (Wildman–Crippen MR) is 42.3 cm³/mol. The number of ether oxygens (including phenoxy) is 1. The molecule has 0 bridgehead atoms. The molecule has 0 aliphatic carbocycles. The van der Waals surface area contributed by atoms with Crippen LogP contribution in [0.5, 0.6) is 0 Å². The average Bonchev–Trinajstić information content (AvgIpc) is 2.06. The van der Waals surface area contributed by atoms with E-state index in [4.69, 9.17) is 15.6 Å². The van der Waals surface area contributed by atoms with Crippen LogP contribution in [0.25, 0.3) is 0 Å². The summed E-state index contributed by atoms with van der Waals surface area (Å²) in [5.74, 6) is 0. The second-order valence-electron chi connectivity index (χ2n) is 3.06. The normalized spacial score (nSPS) is 34.1. The van der Waals surface area contributed by atoms with Gasteiger partial charge in [-0.05, 0) is 7.05 Å². The molecule has 1 atom stereocenters. The van der Waals surface area contributed by atoms with E-state index < -0.39 is 0 Å². The lowest BCUT2D eigenvalue weighted by atomic mass is 9.99. The molecule has 0 radical (unpaired) electrons. The first-order chi connectivity index (χ1) is 5.25. The summed E-state index contributed by atoms with van der Waals surface area (Å²) in [5.41, 5.74) is 5.22. The summed E-state index contributed by atoms with van der Waals surface area (Å²) in [4.78, 5) is 2.07. The number of morpholine rings is 1. The number of nitrogens with zero attached hydrogens (tertiary/aromatic N) is 1. The smallest absolute Gasteiger partial charge is 0.0797 e. The van der Waals surface area contributed by atoms with Gasteiger partial charge < -0.3 is 15.6 Å². The summed E-state index contributed by atoms with van der Waals surface area (Å²) < 4.78 is 5.26. The van der Waals surface area contributed by atoms with Crippen molar-refractivity contribution in [3.05, 3.63) is 0 Å². The molecule has 0 aromatic rings. The van der Waals surface area contributed by atoms with E-state index in [0.717, 1.165) is 13.2 Å². The molecule has 1 rings (SSSR count). The van der Waals surface area contributed by atoms with Gasteiger partial charge in [-0.1, -0.05) is 0 Å². The molecule has 1 saturated heterocycles. The highest BCUT2D eigenvalue weighted by molar-refractivity contribution is 4.91. The molecule has 1 aliphatic rings. The zero-order chi connectivity index (χ0) is 8.32. The molecule has 66 valence electrons. The minimum atomic E-state index is -0.335. The number of aliphatic hydroxyl groups excluding tert-OH is 1. The predicted octanol–water partition coefficient (Wildman–Crippen LogP) is -1.36. The lowest BCUT2D eigenvalue weighted by Crippen LogP contribution is -2.61. The third kappa shape index (κ3) is 1.54. The number of hydrogen-bond donors (Lipinski definition) is 2. The molecule has 0 saturated carbocycles. The van der Waals surface area contributed by atoms with Crippen molar-refractivity contribution in [1.82, 2.24) is 4.90 Å². The molecule has 1 unspecified atom stereocenters. The Bertz CT molecular complexity index is 126. The van der Waals surface area contributed by atoms with Crippen LogP contribution in [0.4, 0.5) is 0 Å². The summed E-state index contributed by atoms with van der Waals surface area (Å²) in [6.07, 6.45) is 0. The van der Waals surface area contributed by atoms with Crippen molar-refractivity contribution >= 4 is 0 Å². The number of rotatable bonds is 2. The van der Waals surface area contributed by atoms with Crippen molar-refractivity contribution < 1.29 is 9.84 Å². The first-order valence-corrected chi connectivity index (χ1v) is 3.85. The van der Waals surface area contributed by atoms with Crippen molar-refractivity contribution in [2.75, 3.05) is 40.0 Å². The second kappa shape index (κ2) is 3.49. The van der Waals surface area contributed by atoms with Crippen LogP contribution in [-0.4, -0.2) is 55.5 Å². The van der Waals surface area contributed by atoms with Crippen molar-refractivity contribution in [3.8, 4) is 0 Å². The highest BCUT2D eigenvalue weighted by atomic mass is 16.5. The Morgan fingerprint density at radius 2 is 2.45 bits per heavy atom. The molecule has 4 nitrogen and oxygen atoms in total. The van der Waals surface area contributed by atoms with Gasteiger partial charge in [0.1, 0.15) is 0 Å². The highest BCUT2D eigenvalue weighted by Gasteiger charge is 2.35. The molecule has 0 amide bonds. The van der Waals surface area contributed by atoms with E-state index in [0.29, 0.717) is 13.2 Å². The van der Waals surface area contributed by atoms with E-state index >= 15 is 0 Å². The molecule has 1 heterocycles. The molecule has 3 N–H and O–H groups in total. The number of nitrogens with two attached hydrogens (primary N) is 1. The third-order valence-electron chi connectivity index (χ3n) is 2.43. The van der Waals surface area contributed by atoms with Crippen LogP contribution < -0.4 is 5.73 Å². The van der Waals surface area contributed by atoms with Gasteiger partial charge in [-0.3, -0.25) is 4.90 Å². The third-order valence-corrected chi connectivity index (χ3v) is 2.43. The SMILES string of the molecule is CN1CCOCC1(CN)CO. The minimum absolute atomic E-state index is 0.0694. The first-order valence-electron chi connectivity index (χ1n) is 3.85. The van der Waals surface area contributed by atoms with E-state index in [2.05, 4.69) is 4.90 Å². The quantitative estimate of drug-likeness (QED) is 0.524. The largest absolute Gasteiger partial charge is 0.394 e. The summed E-state index contributed by atoms with van der Waals surface area (Å²) in [5, 5.41) is 9.11. The molecule has 0 spiro atoms. The fourth-order valence-electron chi connectivity index (χ4n) is 1.26. The molecule has 4 heteroatoms. The van der Waals surface area contributed by atoms with Crippen LogP contribution in [0.15, 0.2) is 0 Å². The summed E-state index contributed by atoms with van der Waals surface area (Å²) in [6.45, 7) is 2.63. The summed E-state index contributed by atoms with van der Waals surface area (Å²) >= 11 is 0. The second-order valence-corrected chi connectivity index (χ2v) is 3.06. The van der Waals surface area contributed by atoms with E-state index in [1.807, 2.05) is 7.05 Å². The Morgan fingerprint density at radius 3 is 2.82 bits per heavy atom. The van der Waals surface area contributed by atoms with Gasteiger partial charge in [0.15, 0.2) is 0 Å². The lowest BCUT2D eigenvalue weighted by Gasteiger charge is -2.42. The maximum absolute atomic E-state index is 9.11. The number of likely N-dealkylation sites (N-methyl/N-ethyl adjacent to an activating group) is 1. The van der Waals surface area contributed by atoms with Gasteiger partial charge >= 0.3 is 0 Å². The molecule has 1 aliphatic heterocycles.